The summed E-state index contributed by atoms with van der Waals surface area (Å²) < 4.78 is 1.89. The first-order valence-electron chi connectivity index (χ1n) is 6.67. The zero-order chi connectivity index (χ0) is 14.6. The molecule has 1 rings (SSSR count). The maximum absolute atomic E-state index is 12.6. The van der Waals surface area contributed by atoms with E-state index < -0.39 is 0 Å². The first-order chi connectivity index (χ1) is 8.88. The molecule has 0 aliphatic heterocycles. The van der Waals surface area contributed by atoms with Crippen LogP contribution in [-0.2, 0) is 0 Å². The highest BCUT2D eigenvalue weighted by atomic mass is 35.5. The number of aromatic nitrogens is 1. The normalized spacial score (nSPS) is 11.4. The van der Waals surface area contributed by atoms with Crippen molar-refractivity contribution < 1.29 is 9.90 Å². The number of hydrogen-bond acceptors (Lipinski definition) is 2. The van der Waals surface area contributed by atoms with Gasteiger partial charge in [-0.2, -0.15) is 0 Å². The number of aliphatic hydroxyl groups excluding tert-OH is 1. The Morgan fingerprint density at radius 2 is 2.05 bits per heavy atom. The number of carbonyl (C=O) groups is 1. The molecular weight excluding hydrogens is 264 g/mol. The van der Waals surface area contributed by atoms with Crippen LogP contribution >= 0.6 is 11.6 Å². The fraction of sp³-hybridized carbons (Fsp3) is 0.643. The molecule has 0 aromatic carbocycles. The van der Waals surface area contributed by atoms with Gasteiger partial charge in [-0.25, -0.2) is 0 Å². The largest absolute Gasteiger partial charge is 0.396 e. The van der Waals surface area contributed by atoms with Crippen molar-refractivity contribution in [3.8, 4) is 0 Å². The molecular formula is C14H23ClN2O2. The van der Waals surface area contributed by atoms with Gasteiger partial charge in [-0.1, -0.05) is 11.6 Å². The van der Waals surface area contributed by atoms with Crippen LogP contribution in [0.15, 0.2) is 12.3 Å². The summed E-state index contributed by atoms with van der Waals surface area (Å²) in [6.07, 6.45) is 2.37. The Morgan fingerprint density at radius 1 is 1.42 bits per heavy atom. The Balaban J connectivity index is 3.02. The number of hydrogen-bond donors (Lipinski definition) is 1. The quantitative estimate of drug-likeness (QED) is 0.874. The van der Waals surface area contributed by atoms with Gasteiger partial charge in [0.2, 0.25) is 0 Å². The lowest BCUT2D eigenvalue weighted by Crippen LogP contribution is -2.39. The number of halogens is 1. The number of rotatable bonds is 6. The van der Waals surface area contributed by atoms with Crippen LogP contribution < -0.4 is 0 Å². The number of carbonyl (C=O) groups excluding carboxylic acids is 1. The Bertz CT molecular complexity index is 427. The second kappa shape index (κ2) is 6.96. The Kier molecular flexibility index (Phi) is 5.88. The molecule has 108 valence electrons. The average Bonchev–Trinajstić information content (AvgIpc) is 2.71. The molecule has 0 radical (unpaired) electrons. The van der Waals surface area contributed by atoms with E-state index in [1.807, 2.05) is 32.3 Å². The Morgan fingerprint density at radius 3 is 2.53 bits per heavy atom. The van der Waals surface area contributed by atoms with Crippen LogP contribution in [-0.4, -0.2) is 39.7 Å². The van der Waals surface area contributed by atoms with Gasteiger partial charge in [-0.3, -0.25) is 4.79 Å². The van der Waals surface area contributed by atoms with Crippen LogP contribution in [0.1, 0.15) is 50.6 Å². The maximum Gasteiger partial charge on any atom is 0.270 e. The molecule has 0 spiro atoms. The first kappa shape index (κ1) is 16.1. The molecule has 1 amide bonds. The highest BCUT2D eigenvalue weighted by Gasteiger charge is 2.22. The summed E-state index contributed by atoms with van der Waals surface area (Å²) in [4.78, 5) is 14.4. The first-order valence-corrected chi connectivity index (χ1v) is 7.05. The van der Waals surface area contributed by atoms with Crippen molar-refractivity contribution in [3.63, 3.8) is 0 Å². The lowest BCUT2D eigenvalue weighted by atomic mass is 10.2. The van der Waals surface area contributed by atoms with Crippen molar-refractivity contribution in [2.24, 2.45) is 0 Å². The molecule has 5 heteroatoms. The van der Waals surface area contributed by atoms with Gasteiger partial charge >= 0.3 is 0 Å². The SMILES string of the molecule is CC(C)N(CCCO)C(=O)c1cc(Cl)cn1C(C)C. The smallest absolute Gasteiger partial charge is 0.270 e. The molecule has 19 heavy (non-hydrogen) atoms. The Hall–Kier alpha value is -1.00. The third-order valence-electron chi connectivity index (χ3n) is 3.03. The molecule has 1 N–H and O–H groups in total. The Labute approximate surface area is 120 Å². The van der Waals surface area contributed by atoms with Crippen LogP contribution in [0.2, 0.25) is 5.02 Å². The predicted molar refractivity (Wildman–Crippen MR) is 77.7 cm³/mol. The fourth-order valence-corrected chi connectivity index (χ4v) is 2.24. The van der Waals surface area contributed by atoms with Crippen LogP contribution in [0.4, 0.5) is 0 Å². The zero-order valence-corrected chi connectivity index (χ0v) is 12.8. The summed E-state index contributed by atoms with van der Waals surface area (Å²) in [6.45, 7) is 8.61. The average molecular weight is 287 g/mol. The van der Waals surface area contributed by atoms with E-state index in [1.165, 1.54) is 0 Å². The van der Waals surface area contributed by atoms with E-state index in [9.17, 15) is 4.79 Å². The van der Waals surface area contributed by atoms with Gasteiger partial charge in [0, 0.05) is 31.4 Å². The molecule has 0 fully saturated rings. The van der Waals surface area contributed by atoms with Crippen LogP contribution in [0, 0.1) is 0 Å². The van der Waals surface area contributed by atoms with E-state index in [4.69, 9.17) is 16.7 Å². The summed E-state index contributed by atoms with van der Waals surface area (Å²) in [7, 11) is 0. The number of nitrogens with zero attached hydrogens (tertiary/aromatic N) is 2. The highest BCUT2D eigenvalue weighted by molar-refractivity contribution is 6.31. The molecule has 0 aliphatic rings. The zero-order valence-electron chi connectivity index (χ0n) is 12.1. The maximum atomic E-state index is 12.6. The minimum absolute atomic E-state index is 0.0379. The summed E-state index contributed by atoms with van der Waals surface area (Å²) in [5, 5.41) is 9.50. The third kappa shape index (κ3) is 3.98. The summed E-state index contributed by atoms with van der Waals surface area (Å²) >= 11 is 6.01. The fourth-order valence-electron chi connectivity index (χ4n) is 2.03. The highest BCUT2D eigenvalue weighted by Crippen LogP contribution is 2.21. The van der Waals surface area contributed by atoms with Crippen molar-refractivity contribution in [1.29, 1.82) is 0 Å². The molecule has 1 aromatic rings. The van der Waals surface area contributed by atoms with Gasteiger partial charge in [0.1, 0.15) is 5.69 Å². The molecule has 0 saturated carbocycles. The van der Waals surface area contributed by atoms with Gasteiger partial charge in [-0.05, 0) is 40.2 Å². The van der Waals surface area contributed by atoms with Crippen LogP contribution in [0.5, 0.6) is 0 Å². The minimum atomic E-state index is -0.0379. The second-order valence-electron chi connectivity index (χ2n) is 5.21. The number of amides is 1. The standard InChI is InChI=1S/C14H23ClN2O2/c1-10(2)16(6-5-7-18)14(19)13-8-12(15)9-17(13)11(3)4/h8-11,18H,5-7H2,1-4H3. The third-order valence-corrected chi connectivity index (χ3v) is 3.24. The van der Waals surface area contributed by atoms with E-state index >= 15 is 0 Å². The van der Waals surface area contributed by atoms with E-state index in [0.29, 0.717) is 23.7 Å². The van der Waals surface area contributed by atoms with Crippen LogP contribution in [0.3, 0.4) is 0 Å². The van der Waals surface area contributed by atoms with Gasteiger partial charge in [0.05, 0.1) is 5.02 Å². The summed E-state index contributed by atoms with van der Waals surface area (Å²) in [5.41, 5.74) is 0.603. The molecule has 0 aliphatic carbocycles. The van der Waals surface area contributed by atoms with Crippen molar-refractivity contribution in [1.82, 2.24) is 9.47 Å². The van der Waals surface area contributed by atoms with E-state index in [1.54, 1.807) is 17.2 Å². The summed E-state index contributed by atoms with van der Waals surface area (Å²) in [5.74, 6) is -0.0379. The lowest BCUT2D eigenvalue weighted by Gasteiger charge is -2.27. The molecule has 0 atom stereocenters. The lowest BCUT2D eigenvalue weighted by molar-refractivity contribution is 0.0680. The van der Waals surface area contributed by atoms with Gasteiger partial charge in [0.25, 0.3) is 5.91 Å². The van der Waals surface area contributed by atoms with Gasteiger partial charge < -0.3 is 14.6 Å². The topological polar surface area (TPSA) is 45.5 Å². The molecule has 0 saturated heterocycles. The number of aliphatic hydroxyl groups is 1. The molecule has 4 nitrogen and oxygen atoms in total. The van der Waals surface area contributed by atoms with E-state index in [2.05, 4.69) is 0 Å². The van der Waals surface area contributed by atoms with Crippen molar-refractivity contribution in [2.45, 2.75) is 46.2 Å². The van der Waals surface area contributed by atoms with Gasteiger partial charge in [0.15, 0.2) is 0 Å². The molecule has 1 heterocycles. The molecule has 0 bridgehead atoms. The monoisotopic (exact) mass is 286 g/mol. The summed E-state index contributed by atoms with van der Waals surface area (Å²) in [6, 6.07) is 1.98. The van der Waals surface area contributed by atoms with Crippen molar-refractivity contribution in [3.05, 3.63) is 23.0 Å². The van der Waals surface area contributed by atoms with Crippen LogP contribution in [0.25, 0.3) is 0 Å². The molecule has 1 aromatic heterocycles. The predicted octanol–water partition coefficient (Wildman–Crippen LogP) is 2.96. The van der Waals surface area contributed by atoms with Gasteiger partial charge in [-0.15, -0.1) is 0 Å². The van der Waals surface area contributed by atoms with E-state index in [0.717, 1.165) is 0 Å². The molecule has 0 unspecified atom stereocenters. The van der Waals surface area contributed by atoms with Crippen molar-refractivity contribution in [2.75, 3.05) is 13.2 Å². The second-order valence-corrected chi connectivity index (χ2v) is 5.65. The minimum Gasteiger partial charge on any atom is -0.396 e. The van der Waals surface area contributed by atoms with E-state index in [-0.39, 0.29) is 24.6 Å². The van der Waals surface area contributed by atoms with Crippen molar-refractivity contribution >= 4 is 17.5 Å².